The van der Waals surface area contributed by atoms with E-state index in [2.05, 4.69) is 0 Å². The Labute approximate surface area is 105 Å². The van der Waals surface area contributed by atoms with Gasteiger partial charge in [-0.2, -0.15) is 0 Å². The van der Waals surface area contributed by atoms with Gasteiger partial charge < -0.3 is 10.6 Å². The van der Waals surface area contributed by atoms with Crippen LogP contribution < -0.4 is 10.6 Å². The molecule has 5 nitrogen and oxygen atoms in total. The van der Waals surface area contributed by atoms with E-state index in [-0.39, 0.29) is 11.7 Å². The van der Waals surface area contributed by atoms with Gasteiger partial charge in [0, 0.05) is 19.6 Å². The van der Waals surface area contributed by atoms with Gasteiger partial charge in [0.25, 0.3) is 5.69 Å². The minimum Gasteiger partial charge on any atom is -0.365 e. The predicted octanol–water partition coefficient (Wildman–Crippen LogP) is 1.91. The fourth-order valence-corrected chi connectivity index (χ4v) is 2.27. The molecule has 1 unspecified atom stereocenters. The Bertz CT molecular complexity index is 463. The van der Waals surface area contributed by atoms with Crippen molar-refractivity contribution < 1.29 is 9.31 Å². The van der Waals surface area contributed by atoms with Crippen LogP contribution in [0.4, 0.5) is 15.8 Å². The van der Waals surface area contributed by atoms with Crippen LogP contribution in [-0.2, 0) is 0 Å². The molecular formula is C12H16FN3O2. The summed E-state index contributed by atoms with van der Waals surface area (Å²) in [6, 6.07) is 3.71. The first kappa shape index (κ1) is 12.8. The van der Waals surface area contributed by atoms with Crippen molar-refractivity contribution in [2.45, 2.75) is 18.9 Å². The highest BCUT2D eigenvalue weighted by atomic mass is 19.1. The van der Waals surface area contributed by atoms with Crippen molar-refractivity contribution in [2.24, 2.45) is 11.7 Å². The first-order valence-corrected chi connectivity index (χ1v) is 5.91. The van der Waals surface area contributed by atoms with Crippen molar-refractivity contribution >= 4 is 11.4 Å². The number of anilines is 1. The van der Waals surface area contributed by atoms with E-state index in [9.17, 15) is 14.5 Å². The molecule has 0 amide bonds. The first-order chi connectivity index (χ1) is 8.54. The smallest absolute Gasteiger partial charge is 0.295 e. The van der Waals surface area contributed by atoms with E-state index in [1.807, 2.05) is 0 Å². The summed E-state index contributed by atoms with van der Waals surface area (Å²) in [6.07, 6.45) is 2.20. The van der Waals surface area contributed by atoms with Gasteiger partial charge in [-0.3, -0.25) is 10.1 Å². The van der Waals surface area contributed by atoms with E-state index in [1.54, 1.807) is 11.9 Å². The van der Waals surface area contributed by atoms with Gasteiger partial charge in [0.05, 0.1) is 11.0 Å². The Morgan fingerprint density at radius 3 is 2.78 bits per heavy atom. The summed E-state index contributed by atoms with van der Waals surface area (Å²) in [7, 11) is 1.77. The van der Waals surface area contributed by atoms with E-state index in [0.717, 1.165) is 18.9 Å². The van der Waals surface area contributed by atoms with Crippen LogP contribution in [0.15, 0.2) is 18.2 Å². The number of benzene rings is 1. The molecule has 1 aromatic rings. The lowest BCUT2D eigenvalue weighted by Crippen LogP contribution is -2.40. The summed E-state index contributed by atoms with van der Waals surface area (Å²) in [6.45, 7) is 0.440. The van der Waals surface area contributed by atoms with Crippen LogP contribution in [0.5, 0.6) is 0 Å². The summed E-state index contributed by atoms with van der Waals surface area (Å²) in [5, 5.41) is 11.0. The Kier molecular flexibility index (Phi) is 3.47. The fourth-order valence-electron chi connectivity index (χ4n) is 2.27. The van der Waals surface area contributed by atoms with Gasteiger partial charge in [-0.25, -0.2) is 4.39 Å². The third-order valence-corrected chi connectivity index (χ3v) is 3.42. The summed E-state index contributed by atoms with van der Waals surface area (Å²) in [5.74, 6) is -0.112. The van der Waals surface area contributed by atoms with Crippen molar-refractivity contribution in [3.05, 3.63) is 34.1 Å². The third-order valence-electron chi connectivity index (χ3n) is 3.42. The normalized spacial score (nSPS) is 16.4. The zero-order valence-electron chi connectivity index (χ0n) is 10.2. The quantitative estimate of drug-likeness (QED) is 0.642. The van der Waals surface area contributed by atoms with Crippen LogP contribution >= 0.6 is 0 Å². The molecule has 0 spiro atoms. The van der Waals surface area contributed by atoms with E-state index >= 15 is 0 Å². The monoisotopic (exact) mass is 253 g/mol. The second-order valence-electron chi connectivity index (χ2n) is 4.64. The molecule has 98 valence electrons. The van der Waals surface area contributed by atoms with Crippen LogP contribution in [0.2, 0.25) is 0 Å². The van der Waals surface area contributed by atoms with Crippen LogP contribution in [-0.4, -0.2) is 24.6 Å². The number of nitro groups is 1. The molecule has 1 atom stereocenters. The molecule has 0 saturated heterocycles. The maximum absolute atomic E-state index is 13.1. The third kappa shape index (κ3) is 2.43. The number of hydrogen-bond acceptors (Lipinski definition) is 4. The summed E-state index contributed by atoms with van der Waals surface area (Å²) in [5.41, 5.74) is 5.93. The SMILES string of the molecule is CN(c1ccc(F)cc1[N+](=O)[O-])C(CN)C1CC1. The minimum atomic E-state index is -0.602. The summed E-state index contributed by atoms with van der Waals surface area (Å²) < 4.78 is 13.1. The lowest BCUT2D eigenvalue weighted by molar-refractivity contribution is -0.384. The van der Waals surface area contributed by atoms with Crippen molar-refractivity contribution in [2.75, 3.05) is 18.5 Å². The molecule has 18 heavy (non-hydrogen) atoms. The average molecular weight is 253 g/mol. The largest absolute Gasteiger partial charge is 0.365 e. The molecule has 0 bridgehead atoms. The topological polar surface area (TPSA) is 72.4 Å². The number of nitrogens with zero attached hydrogens (tertiary/aromatic N) is 2. The number of nitrogens with two attached hydrogens (primary N) is 1. The van der Waals surface area contributed by atoms with Gasteiger partial charge in [0.15, 0.2) is 0 Å². The number of nitro benzene ring substituents is 1. The zero-order valence-corrected chi connectivity index (χ0v) is 10.2. The molecule has 0 heterocycles. The fraction of sp³-hybridized carbons (Fsp3) is 0.500. The number of hydrogen-bond donors (Lipinski definition) is 1. The van der Waals surface area contributed by atoms with E-state index in [0.29, 0.717) is 18.2 Å². The van der Waals surface area contributed by atoms with Gasteiger partial charge in [-0.1, -0.05) is 0 Å². The van der Waals surface area contributed by atoms with Crippen molar-refractivity contribution in [1.82, 2.24) is 0 Å². The Balaban J connectivity index is 2.33. The molecule has 2 N–H and O–H groups in total. The first-order valence-electron chi connectivity index (χ1n) is 5.91. The maximum atomic E-state index is 13.1. The number of rotatable bonds is 5. The Morgan fingerprint density at radius 1 is 1.61 bits per heavy atom. The highest BCUT2D eigenvalue weighted by molar-refractivity contribution is 5.63. The molecule has 0 aliphatic heterocycles. The molecule has 6 heteroatoms. The standard InChI is InChI=1S/C12H16FN3O2/c1-15(12(7-14)8-2-3-8)10-5-4-9(13)6-11(10)16(17)18/h4-6,8,12H,2-3,7,14H2,1H3. The second kappa shape index (κ2) is 4.89. The van der Waals surface area contributed by atoms with Crippen LogP contribution in [0.3, 0.4) is 0 Å². The molecule has 0 radical (unpaired) electrons. The van der Waals surface area contributed by atoms with Gasteiger partial charge in [0.1, 0.15) is 11.5 Å². The van der Waals surface area contributed by atoms with E-state index in [4.69, 9.17) is 5.73 Å². The number of halogens is 1. The van der Waals surface area contributed by atoms with Crippen LogP contribution in [0.1, 0.15) is 12.8 Å². The molecule has 1 aliphatic rings. The highest BCUT2D eigenvalue weighted by Crippen LogP contribution is 2.38. The summed E-state index contributed by atoms with van der Waals surface area (Å²) in [4.78, 5) is 12.2. The molecule has 1 aromatic carbocycles. The predicted molar refractivity (Wildman–Crippen MR) is 67.0 cm³/mol. The van der Waals surface area contributed by atoms with Crippen molar-refractivity contribution in [1.29, 1.82) is 0 Å². The highest BCUT2D eigenvalue weighted by Gasteiger charge is 2.34. The second-order valence-corrected chi connectivity index (χ2v) is 4.64. The molecule has 2 rings (SSSR count). The van der Waals surface area contributed by atoms with Gasteiger partial charge in [0.2, 0.25) is 0 Å². The Hall–Kier alpha value is -1.69. The van der Waals surface area contributed by atoms with Crippen molar-refractivity contribution in [3.63, 3.8) is 0 Å². The van der Waals surface area contributed by atoms with Crippen LogP contribution in [0, 0.1) is 21.8 Å². The average Bonchev–Trinajstić information content (AvgIpc) is 3.14. The van der Waals surface area contributed by atoms with E-state index < -0.39 is 10.7 Å². The van der Waals surface area contributed by atoms with Crippen molar-refractivity contribution in [3.8, 4) is 0 Å². The lowest BCUT2D eigenvalue weighted by Gasteiger charge is -2.28. The van der Waals surface area contributed by atoms with Gasteiger partial charge >= 0.3 is 0 Å². The molecule has 1 fully saturated rings. The van der Waals surface area contributed by atoms with Gasteiger partial charge in [-0.15, -0.1) is 0 Å². The summed E-state index contributed by atoms with van der Waals surface area (Å²) >= 11 is 0. The van der Waals surface area contributed by atoms with E-state index in [1.165, 1.54) is 12.1 Å². The zero-order chi connectivity index (χ0) is 13.3. The Morgan fingerprint density at radius 2 is 2.28 bits per heavy atom. The molecule has 0 aromatic heterocycles. The molecule has 1 saturated carbocycles. The molecule has 1 aliphatic carbocycles. The lowest BCUT2D eigenvalue weighted by atomic mass is 10.1. The van der Waals surface area contributed by atoms with Gasteiger partial charge in [-0.05, 0) is 30.9 Å². The number of likely N-dealkylation sites (N-methyl/N-ethyl adjacent to an activating group) is 1. The minimum absolute atomic E-state index is 0.0779. The maximum Gasteiger partial charge on any atom is 0.295 e. The van der Waals surface area contributed by atoms with Crippen LogP contribution in [0.25, 0.3) is 0 Å². The molecular weight excluding hydrogens is 237 g/mol.